The largest absolute Gasteiger partial charge is 0.271 e. The summed E-state index contributed by atoms with van der Waals surface area (Å²) in [4.78, 5) is 0. The third-order valence-corrected chi connectivity index (χ3v) is 3.32. The Morgan fingerprint density at radius 3 is 2.56 bits per heavy atom. The number of hydrogen-bond donors (Lipinski definition) is 2. The first-order valence-corrected chi connectivity index (χ1v) is 6.97. The monoisotopic (exact) mass is 252 g/mol. The smallest absolute Gasteiger partial charge is 0.126 e. The SMILES string of the molecule is CCCCCCCC(Cc1ccccc1F)NN. The molecule has 1 atom stereocenters. The number of nitrogens with one attached hydrogen (secondary N) is 1. The summed E-state index contributed by atoms with van der Waals surface area (Å²) in [5.74, 6) is 5.40. The molecule has 0 saturated heterocycles. The summed E-state index contributed by atoms with van der Waals surface area (Å²) in [7, 11) is 0. The highest BCUT2D eigenvalue weighted by Crippen LogP contribution is 2.13. The molecule has 0 aliphatic heterocycles. The van der Waals surface area contributed by atoms with Gasteiger partial charge in [-0.3, -0.25) is 11.3 Å². The van der Waals surface area contributed by atoms with Gasteiger partial charge in [0, 0.05) is 6.04 Å². The van der Waals surface area contributed by atoms with Gasteiger partial charge in [-0.15, -0.1) is 0 Å². The lowest BCUT2D eigenvalue weighted by atomic mass is 10.00. The minimum absolute atomic E-state index is 0.135. The maximum Gasteiger partial charge on any atom is 0.126 e. The van der Waals surface area contributed by atoms with Crippen LogP contribution in [-0.4, -0.2) is 6.04 Å². The number of unbranched alkanes of at least 4 members (excludes halogenated alkanes) is 4. The second-order valence-corrected chi connectivity index (χ2v) is 4.86. The van der Waals surface area contributed by atoms with E-state index < -0.39 is 0 Å². The Morgan fingerprint density at radius 2 is 1.89 bits per heavy atom. The molecule has 0 amide bonds. The fraction of sp³-hybridized carbons (Fsp3) is 0.600. The molecule has 2 nitrogen and oxygen atoms in total. The number of hydrogen-bond acceptors (Lipinski definition) is 2. The average Bonchev–Trinajstić information content (AvgIpc) is 2.39. The van der Waals surface area contributed by atoms with Crippen molar-refractivity contribution in [1.82, 2.24) is 5.43 Å². The van der Waals surface area contributed by atoms with E-state index >= 15 is 0 Å². The topological polar surface area (TPSA) is 38.0 Å². The second kappa shape index (κ2) is 9.06. The Hall–Kier alpha value is -0.930. The molecule has 0 radical (unpaired) electrons. The molecular weight excluding hydrogens is 227 g/mol. The maximum absolute atomic E-state index is 13.5. The van der Waals surface area contributed by atoms with Crippen LogP contribution in [0.15, 0.2) is 24.3 Å². The highest BCUT2D eigenvalue weighted by atomic mass is 19.1. The van der Waals surface area contributed by atoms with Crippen LogP contribution >= 0.6 is 0 Å². The Bertz CT molecular complexity index is 328. The van der Waals surface area contributed by atoms with Crippen LogP contribution < -0.4 is 11.3 Å². The molecule has 0 bridgehead atoms. The fourth-order valence-corrected chi connectivity index (χ4v) is 2.17. The molecule has 1 unspecified atom stereocenters. The molecule has 3 heteroatoms. The third-order valence-electron chi connectivity index (χ3n) is 3.32. The molecule has 3 N–H and O–H groups in total. The Labute approximate surface area is 110 Å². The minimum Gasteiger partial charge on any atom is -0.271 e. The minimum atomic E-state index is -0.135. The second-order valence-electron chi connectivity index (χ2n) is 4.86. The molecule has 1 aromatic carbocycles. The van der Waals surface area contributed by atoms with Crippen molar-refractivity contribution >= 4 is 0 Å². The van der Waals surface area contributed by atoms with E-state index in [4.69, 9.17) is 5.84 Å². The zero-order valence-corrected chi connectivity index (χ0v) is 11.3. The predicted octanol–water partition coefficient (Wildman–Crippen LogP) is 3.56. The van der Waals surface area contributed by atoms with E-state index in [1.54, 1.807) is 6.07 Å². The van der Waals surface area contributed by atoms with Crippen molar-refractivity contribution in [3.8, 4) is 0 Å². The van der Waals surface area contributed by atoms with E-state index in [0.29, 0.717) is 6.42 Å². The molecular formula is C15H25FN2. The molecule has 0 aromatic heterocycles. The van der Waals surface area contributed by atoms with E-state index in [1.165, 1.54) is 31.7 Å². The van der Waals surface area contributed by atoms with Crippen LogP contribution in [0.2, 0.25) is 0 Å². The fourth-order valence-electron chi connectivity index (χ4n) is 2.17. The predicted molar refractivity (Wildman–Crippen MR) is 74.6 cm³/mol. The van der Waals surface area contributed by atoms with Crippen LogP contribution in [0.1, 0.15) is 51.0 Å². The number of nitrogens with two attached hydrogens (primary N) is 1. The molecule has 18 heavy (non-hydrogen) atoms. The van der Waals surface area contributed by atoms with Crippen molar-refractivity contribution < 1.29 is 4.39 Å². The summed E-state index contributed by atoms with van der Waals surface area (Å²) >= 11 is 0. The van der Waals surface area contributed by atoms with Crippen LogP contribution in [0.25, 0.3) is 0 Å². The van der Waals surface area contributed by atoms with E-state index in [-0.39, 0.29) is 11.9 Å². The molecule has 1 rings (SSSR count). The molecule has 0 spiro atoms. The van der Waals surface area contributed by atoms with Gasteiger partial charge in [0.25, 0.3) is 0 Å². The van der Waals surface area contributed by atoms with Gasteiger partial charge in [0.2, 0.25) is 0 Å². The van der Waals surface area contributed by atoms with Crippen LogP contribution in [0.4, 0.5) is 4.39 Å². The van der Waals surface area contributed by atoms with E-state index in [9.17, 15) is 4.39 Å². The molecule has 0 fully saturated rings. The average molecular weight is 252 g/mol. The quantitative estimate of drug-likeness (QED) is 0.400. The highest BCUT2D eigenvalue weighted by Gasteiger charge is 2.10. The van der Waals surface area contributed by atoms with Crippen LogP contribution in [-0.2, 0) is 6.42 Å². The lowest BCUT2D eigenvalue weighted by Crippen LogP contribution is -2.36. The van der Waals surface area contributed by atoms with Gasteiger partial charge in [0.05, 0.1) is 0 Å². The Morgan fingerprint density at radius 1 is 1.17 bits per heavy atom. The van der Waals surface area contributed by atoms with E-state index in [2.05, 4.69) is 12.3 Å². The van der Waals surface area contributed by atoms with Gasteiger partial charge < -0.3 is 0 Å². The van der Waals surface area contributed by atoms with Crippen molar-refractivity contribution in [2.45, 2.75) is 57.9 Å². The van der Waals surface area contributed by atoms with Crippen molar-refractivity contribution in [1.29, 1.82) is 0 Å². The molecule has 0 saturated carbocycles. The number of rotatable bonds is 9. The van der Waals surface area contributed by atoms with Gasteiger partial charge in [0.1, 0.15) is 5.82 Å². The molecule has 102 valence electrons. The van der Waals surface area contributed by atoms with Crippen molar-refractivity contribution in [2.75, 3.05) is 0 Å². The van der Waals surface area contributed by atoms with Gasteiger partial charge in [0.15, 0.2) is 0 Å². The molecule has 0 aliphatic rings. The summed E-state index contributed by atoms with van der Waals surface area (Å²) in [5, 5.41) is 0. The van der Waals surface area contributed by atoms with Crippen molar-refractivity contribution in [2.24, 2.45) is 5.84 Å². The summed E-state index contributed by atoms with van der Waals surface area (Å²) < 4.78 is 13.5. The molecule has 0 heterocycles. The van der Waals surface area contributed by atoms with Crippen molar-refractivity contribution in [3.05, 3.63) is 35.6 Å². The summed E-state index contributed by atoms with van der Waals surface area (Å²) in [6, 6.07) is 7.09. The summed E-state index contributed by atoms with van der Waals surface area (Å²) in [6.07, 6.45) is 7.91. The zero-order chi connectivity index (χ0) is 13.2. The first-order valence-electron chi connectivity index (χ1n) is 6.97. The van der Waals surface area contributed by atoms with E-state index in [1.807, 2.05) is 12.1 Å². The number of halogens is 1. The van der Waals surface area contributed by atoms with Crippen molar-refractivity contribution in [3.63, 3.8) is 0 Å². The maximum atomic E-state index is 13.5. The zero-order valence-electron chi connectivity index (χ0n) is 11.3. The van der Waals surface area contributed by atoms with Crippen LogP contribution in [0.3, 0.4) is 0 Å². The van der Waals surface area contributed by atoms with Gasteiger partial charge in [-0.1, -0.05) is 57.2 Å². The van der Waals surface area contributed by atoms with Crippen LogP contribution in [0.5, 0.6) is 0 Å². The summed E-state index contributed by atoms with van der Waals surface area (Å²) in [5.41, 5.74) is 3.55. The van der Waals surface area contributed by atoms with Gasteiger partial charge in [-0.25, -0.2) is 4.39 Å². The molecule has 1 aromatic rings. The van der Waals surface area contributed by atoms with E-state index in [0.717, 1.165) is 18.4 Å². The third kappa shape index (κ3) is 5.61. The van der Waals surface area contributed by atoms with Gasteiger partial charge in [-0.2, -0.15) is 0 Å². The first-order chi connectivity index (χ1) is 8.77. The lowest BCUT2D eigenvalue weighted by molar-refractivity contribution is 0.453. The normalized spacial score (nSPS) is 12.6. The standard InChI is InChI=1S/C15H25FN2/c1-2-3-4-5-6-10-14(18-17)12-13-9-7-8-11-15(13)16/h7-9,11,14,18H,2-6,10,12,17H2,1H3. The molecule has 0 aliphatic carbocycles. The van der Waals surface area contributed by atoms with Gasteiger partial charge >= 0.3 is 0 Å². The van der Waals surface area contributed by atoms with Gasteiger partial charge in [-0.05, 0) is 24.5 Å². The number of hydrazine groups is 1. The Balaban J connectivity index is 2.31. The Kier molecular flexibility index (Phi) is 7.62. The summed E-state index contributed by atoms with van der Waals surface area (Å²) in [6.45, 7) is 2.21. The highest BCUT2D eigenvalue weighted by molar-refractivity contribution is 5.18. The van der Waals surface area contributed by atoms with Crippen LogP contribution in [0, 0.1) is 5.82 Å². The lowest BCUT2D eigenvalue weighted by Gasteiger charge is -2.16. The first kappa shape index (κ1) is 15.1. The number of benzene rings is 1.